The van der Waals surface area contributed by atoms with E-state index in [0.717, 1.165) is 0 Å². The molecule has 106 valence electrons. The van der Waals surface area contributed by atoms with Crippen LogP contribution in [0.4, 0.5) is 0 Å². The van der Waals surface area contributed by atoms with Crippen molar-refractivity contribution in [3.05, 3.63) is 11.5 Å². The summed E-state index contributed by atoms with van der Waals surface area (Å²) in [6.45, 7) is 0.0841. The molecule has 0 bridgehead atoms. The highest BCUT2D eigenvalue weighted by Gasteiger charge is 2.38. The van der Waals surface area contributed by atoms with Crippen molar-refractivity contribution in [1.29, 1.82) is 0 Å². The zero-order valence-corrected chi connectivity index (χ0v) is 10.6. The van der Waals surface area contributed by atoms with E-state index in [1.165, 1.54) is 4.90 Å². The first-order chi connectivity index (χ1) is 9.21. The second kappa shape index (κ2) is 6.00. The lowest BCUT2D eigenvalue weighted by Crippen LogP contribution is -2.43. The normalized spacial score (nSPS) is 30.2. The predicted octanol–water partition coefficient (Wildman–Crippen LogP) is -2.07. The van der Waals surface area contributed by atoms with Gasteiger partial charge >= 0.3 is 0 Å². The summed E-state index contributed by atoms with van der Waals surface area (Å²) < 4.78 is 5.47. The van der Waals surface area contributed by atoms with Crippen LogP contribution >= 0.6 is 0 Å². The fourth-order valence-corrected chi connectivity index (χ4v) is 2.14. The monoisotopic (exact) mass is 270 g/mol. The molecule has 2 heterocycles. The summed E-state index contributed by atoms with van der Waals surface area (Å²) in [5.41, 5.74) is 0.656. The summed E-state index contributed by atoms with van der Waals surface area (Å²) >= 11 is 0. The van der Waals surface area contributed by atoms with E-state index in [2.05, 4.69) is 15.6 Å². The van der Waals surface area contributed by atoms with E-state index >= 15 is 0 Å². The van der Waals surface area contributed by atoms with E-state index in [1.54, 1.807) is 13.3 Å². The number of carbonyl (C=O) groups excluding carboxylic acids is 1. The number of aliphatic hydroxyl groups excluding tert-OH is 2. The van der Waals surface area contributed by atoms with E-state index in [4.69, 9.17) is 9.84 Å². The van der Waals surface area contributed by atoms with Gasteiger partial charge in [0.25, 0.3) is 0 Å². The van der Waals surface area contributed by atoms with Gasteiger partial charge in [0.1, 0.15) is 24.8 Å². The maximum Gasteiger partial charge on any atom is 0.217 e. The van der Waals surface area contributed by atoms with Crippen LogP contribution in [-0.4, -0.2) is 66.5 Å². The summed E-state index contributed by atoms with van der Waals surface area (Å²) in [5, 5.41) is 24.7. The van der Waals surface area contributed by atoms with Crippen LogP contribution in [0.15, 0.2) is 16.5 Å². The molecule has 1 saturated heterocycles. The van der Waals surface area contributed by atoms with Crippen LogP contribution in [0.1, 0.15) is 6.42 Å². The van der Waals surface area contributed by atoms with Crippen molar-refractivity contribution >= 4 is 12.6 Å². The molecule has 1 fully saturated rings. The SMILES string of the molecule is CNC1=C(N(C=O)[C@H]2C[C@@H](O)C(CO)O2)NCN=C1. The minimum atomic E-state index is -0.784. The maximum absolute atomic E-state index is 11.3. The molecule has 0 aromatic heterocycles. The van der Waals surface area contributed by atoms with Gasteiger partial charge in [0.05, 0.1) is 24.6 Å². The minimum Gasteiger partial charge on any atom is -0.394 e. The van der Waals surface area contributed by atoms with Gasteiger partial charge in [-0.2, -0.15) is 0 Å². The summed E-state index contributed by atoms with van der Waals surface area (Å²) in [4.78, 5) is 16.7. The Balaban J connectivity index is 2.19. The third-order valence-corrected chi connectivity index (χ3v) is 3.15. The highest BCUT2D eigenvalue weighted by molar-refractivity contribution is 5.80. The smallest absolute Gasteiger partial charge is 0.217 e. The lowest BCUT2D eigenvalue weighted by molar-refractivity contribution is -0.130. The van der Waals surface area contributed by atoms with Crippen LogP contribution in [0, 0.1) is 0 Å². The summed E-state index contributed by atoms with van der Waals surface area (Å²) in [6.07, 6.45) is 0.454. The number of nitrogens with one attached hydrogen (secondary N) is 2. The number of ether oxygens (including phenoxy) is 1. The number of amides is 1. The van der Waals surface area contributed by atoms with Crippen LogP contribution < -0.4 is 10.6 Å². The number of aliphatic hydroxyl groups is 2. The molecular formula is C11H18N4O4. The Bertz CT molecular complexity index is 398. The van der Waals surface area contributed by atoms with Gasteiger partial charge in [-0.1, -0.05) is 0 Å². The van der Waals surface area contributed by atoms with Gasteiger partial charge in [-0.3, -0.25) is 14.7 Å². The molecule has 0 radical (unpaired) electrons. The molecule has 8 nitrogen and oxygen atoms in total. The second-order valence-electron chi connectivity index (χ2n) is 4.29. The number of aliphatic imine (C=N–C) groups is 1. The summed E-state index contributed by atoms with van der Waals surface area (Å²) in [5.74, 6) is 0.545. The first-order valence-corrected chi connectivity index (χ1v) is 6.05. The fraction of sp³-hybridized carbons (Fsp3) is 0.636. The van der Waals surface area contributed by atoms with Crippen LogP contribution in [0.3, 0.4) is 0 Å². The average Bonchev–Trinajstić information content (AvgIpc) is 2.81. The summed E-state index contributed by atoms with van der Waals surface area (Å²) in [7, 11) is 1.72. The van der Waals surface area contributed by atoms with Gasteiger partial charge in [0.2, 0.25) is 6.41 Å². The molecule has 19 heavy (non-hydrogen) atoms. The quantitative estimate of drug-likeness (QED) is 0.428. The van der Waals surface area contributed by atoms with Crippen LogP contribution in [0.5, 0.6) is 0 Å². The van der Waals surface area contributed by atoms with Gasteiger partial charge in [-0.15, -0.1) is 0 Å². The molecule has 8 heteroatoms. The van der Waals surface area contributed by atoms with Crippen molar-refractivity contribution in [2.45, 2.75) is 24.9 Å². The summed E-state index contributed by atoms with van der Waals surface area (Å²) in [6, 6.07) is 0. The third kappa shape index (κ3) is 2.70. The molecule has 0 spiro atoms. The zero-order chi connectivity index (χ0) is 13.8. The van der Waals surface area contributed by atoms with E-state index in [1.807, 2.05) is 0 Å². The molecule has 3 atom stereocenters. The van der Waals surface area contributed by atoms with Crippen LogP contribution in [-0.2, 0) is 9.53 Å². The van der Waals surface area contributed by atoms with E-state index in [0.29, 0.717) is 24.6 Å². The van der Waals surface area contributed by atoms with Gasteiger partial charge in [-0.25, -0.2) is 0 Å². The maximum atomic E-state index is 11.3. The molecule has 0 saturated carbocycles. The molecule has 2 rings (SSSR count). The molecule has 1 amide bonds. The second-order valence-corrected chi connectivity index (χ2v) is 4.29. The van der Waals surface area contributed by atoms with Crippen LogP contribution in [0.2, 0.25) is 0 Å². The minimum absolute atomic E-state index is 0.253. The molecule has 0 aliphatic carbocycles. The molecule has 2 aliphatic heterocycles. The number of carbonyl (C=O) groups is 1. The Kier molecular flexibility index (Phi) is 4.35. The average molecular weight is 270 g/mol. The Morgan fingerprint density at radius 1 is 1.74 bits per heavy atom. The first kappa shape index (κ1) is 13.8. The Morgan fingerprint density at radius 2 is 2.53 bits per heavy atom. The van der Waals surface area contributed by atoms with Gasteiger partial charge in [0, 0.05) is 13.5 Å². The Morgan fingerprint density at radius 3 is 3.11 bits per heavy atom. The molecule has 0 aromatic carbocycles. The predicted molar refractivity (Wildman–Crippen MR) is 66.9 cm³/mol. The van der Waals surface area contributed by atoms with Gasteiger partial charge in [-0.05, 0) is 0 Å². The fourth-order valence-electron chi connectivity index (χ4n) is 2.14. The number of hydrogen-bond acceptors (Lipinski definition) is 7. The Labute approximate surface area is 110 Å². The van der Waals surface area contributed by atoms with Gasteiger partial charge < -0.3 is 25.6 Å². The molecular weight excluding hydrogens is 252 g/mol. The molecule has 1 unspecified atom stereocenters. The standard InChI is InChI=1S/C11H18N4O4/c1-12-7-3-13-5-14-11(7)15(6-17)10-2-8(18)9(4-16)19-10/h3,6,8-10,12,14,16,18H,2,4-5H2,1H3/t8-,9?,10-/m1/s1. The first-order valence-electron chi connectivity index (χ1n) is 6.05. The highest BCUT2D eigenvalue weighted by atomic mass is 16.5. The number of nitrogens with zero attached hydrogens (tertiary/aromatic N) is 2. The zero-order valence-electron chi connectivity index (χ0n) is 10.6. The largest absolute Gasteiger partial charge is 0.394 e. The van der Waals surface area contributed by atoms with Crippen LogP contribution in [0.25, 0.3) is 0 Å². The van der Waals surface area contributed by atoms with E-state index < -0.39 is 18.4 Å². The van der Waals surface area contributed by atoms with E-state index in [-0.39, 0.29) is 13.0 Å². The van der Waals surface area contributed by atoms with Crippen molar-refractivity contribution in [3.8, 4) is 0 Å². The molecule has 2 aliphatic rings. The van der Waals surface area contributed by atoms with Crippen molar-refractivity contribution in [1.82, 2.24) is 15.5 Å². The van der Waals surface area contributed by atoms with Crippen molar-refractivity contribution in [2.24, 2.45) is 4.99 Å². The molecule has 0 aromatic rings. The van der Waals surface area contributed by atoms with E-state index in [9.17, 15) is 9.90 Å². The Hall–Kier alpha value is -1.64. The third-order valence-electron chi connectivity index (χ3n) is 3.15. The highest BCUT2D eigenvalue weighted by Crippen LogP contribution is 2.25. The number of rotatable bonds is 5. The van der Waals surface area contributed by atoms with Crippen molar-refractivity contribution in [2.75, 3.05) is 20.3 Å². The van der Waals surface area contributed by atoms with Crippen molar-refractivity contribution < 1.29 is 19.7 Å². The van der Waals surface area contributed by atoms with Crippen molar-refractivity contribution in [3.63, 3.8) is 0 Å². The number of allylic oxidation sites excluding steroid dienone is 1. The molecule has 4 N–H and O–H groups in total. The lowest BCUT2D eigenvalue weighted by atomic mass is 10.2. The lowest BCUT2D eigenvalue weighted by Gasteiger charge is -2.30. The van der Waals surface area contributed by atoms with Gasteiger partial charge in [0.15, 0.2) is 0 Å². The number of hydrogen-bond donors (Lipinski definition) is 4. The topological polar surface area (TPSA) is 106 Å².